The number of allylic oxidation sites excluding steroid dienone is 2. The Morgan fingerprint density at radius 3 is 1.21 bits per heavy atom. The normalized spacial score (nSPS) is 13.8. The van der Waals surface area contributed by atoms with Crippen LogP contribution in [0.25, 0.3) is 0 Å². The topological polar surface area (TPSA) is 101 Å². The first kappa shape index (κ1) is 33.6. The van der Waals surface area contributed by atoms with Crippen molar-refractivity contribution in [1.82, 2.24) is 0 Å². The van der Waals surface area contributed by atoms with Crippen LogP contribution in [0.1, 0.15) is 52.7 Å². The number of fused-ring (bicyclic) bond motifs is 2. The van der Waals surface area contributed by atoms with Gasteiger partial charge in [0.15, 0.2) is 0 Å². The molecule has 0 fully saturated rings. The first-order valence-electron chi connectivity index (χ1n) is 16.0. The van der Waals surface area contributed by atoms with E-state index in [0.29, 0.717) is 56.7 Å². The molecule has 1 heterocycles. The second-order valence-corrected chi connectivity index (χ2v) is 11.8. The van der Waals surface area contributed by atoms with E-state index in [1.165, 1.54) is 0 Å². The summed E-state index contributed by atoms with van der Waals surface area (Å²) in [7, 11) is 0. The zero-order chi connectivity index (χ0) is 34.2. The van der Waals surface area contributed by atoms with E-state index in [4.69, 9.17) is 19.5 Å². The third-order valence-corrected chi connectivity index (χ3v) is 7.33. The molecule has 8 heteroatoms. The lowest BCUT2D eigenvalue weighted by atomic mass is 9.99. The molecular weight excluding hydrogens is 600 g/mol. The SMILES string of the molecule is CC1=C(C(=O)OC(C)C)C(c2ccccc2)=Nc2ccccc2N=C(c2ccccc2)C(C(=O)OC(C)C)=C(C)Nc2ccccc2N1. The highest BCUT2D eigenvalue weighted by molar-refractivity contribution is 6.29. The van der Waals surface area contributed by atoms with Crippen LogP contribution in [0.2, 0.25) is 0 Å². The van der Waals surface area contributed by atoms with Crippen LogP contribution in [-0.2, 0) is 19.1 Å². The van der Waals surface area contributed by atoms with Crippen LogP contribution in [0.5, 0.6) is 0 Å². The lowest BCUT2D eigenvalue weighted by molar-refractivity contribution is -0.143. The van der Waals surface area contributed by atoms with E-state index < -0.39 is 11.9 Å². The van der Waals surface area contributed by atoms with Gasteiger partial charge in [0, 0.05) is 22.5 Å². The fraction of sp³-hybridized carbons (Fsp3) is 0.200. The number of hydrogen-bond donors (Lipinski definition) is 2. The van der Waals surface area contributed by atoms with Gasteiger partial charge in [-0.05, 0) is 65.8 Å². The molecule has 0 amide bonds. The Balaban J connectivity index is 1.91. The molecule has 0 radical (unpaired) electrons. The molecule has 1 aliphatic heterocycles. The number of hydrogen-bond acceptors (Lipinski definition) is 8. The lowest BCUT2D eigenvalue weighted by Gasteiger charge is -2.22. The number of anilines is 2. The van der Waals surface area contributed by atoms with Gasteiger partial charge in [-0.25, -0.2) is 19.6 Å². The molecule has 5 rings (SSSR count). The lowest BCUT2D eigenvalue weighted by Crippen LogP contribution is -2.24. The second kappa shape index (κ2) is 15.2. The third-order valence-electron chi connectivity index (χ3n) is 7.33. The first-order valence-corrected chi connectivity index (χ1v) is 16.0. The summed E-state index contributed by atoms with van der Waals surface area (Å²) in [5.41, 5.74) is 6.18. The van der Waals surface area contributed by atoms with Gasteiger partial charge < -0.3 is 20.1 Å². The Morgan fingerprint density at radius 1 is 0.521 bits per heavy atom. The van der Waals surface area contributed by atoms with E-state index in [2.05, 4.69) is 10.6 Å². The molecule has 0 saturated carbocycles. The van der Waals surface area contributed by atoms with Crippen molar-refractivity contribution >= 4 is 46.1 Å². The Bertz CT molecular complexity index is 1780. The van der Waals surface area contributed by atoms with E-state index in [9.17, 15) is 9.59 Å². The number of carbonyl (C=O) groups excluding carboxylic acids is 2. The summed E-state index contributed by atoms with van der Waals surface area (Å²) in [5.74, 6) is -1.04. The molecule has 0 atom stereocenters. The maximum atomic E-state index is 14.0. The average Bonchev–Trinajstić information content (AvgIpc) is 3.05. The largest absolute Gasteiger partial charge is 0.459 e. The highest BCUT2D eigenvalue weighted by Gasteiger charge is 2.27. The van der Waals surface area contributed by atoms with Gasteiger partial charge in [0.05, 0.1) is 46.4 Å². The van der Waals surface area contributed by atoms with Crippen molar-refractivity contribution in [2.45, 2.75) is 53.8 Å². The third kappa shape index (κ3) is 7.96. The van der Waals surface area contributed by atoms with Gasteiger partial charge in [-0.2, -0.15) is 0 Å². The minimum atomic E-state index is -0.518. The summed E-state index contributed by atoms with van der Waals surface area (Å²) in [5, 5.41) is 6.90. The van der Waals surface area contributed by atoms with Crippen molar-refractivity contribution < 1.29 is 19.1 Å². The van der Waals surface area contributed by atoms with Gasteiger partial charge in [0.2, 0.25) is 0 Å². The quantitative estimate of drug-likeness (QED) is 0.204. The highest BCUT2D eigenvalue weighted by Crippen LogP contribution is 2.34. The second-order valence-electron chi connectivity index (χ2n) is 11.8. The molecule has 4 aromatic rings. The summed E-state index contributed by atoms with van der Waals surface area (Å²) in [4.78, 5) is 38.2. The Morgan fingerprint density at radius 2 is 0.854 bits per heavy atom. The number of nitrogens with zero attached hydrogens (tertiary/aromatic N) is 2. The molecule has 244 valence electrons. The average molecular weight is 641 g/mol. The van der Waals surface area contributed by atoms with Gasteiger partial charge in [-0.1, -0.05) is 84.9 Å². The van der Waals surface area contributed by atoms with Gasteiger partial charge in [-0.3, -0.25) is 0 Å². The van der Waals surface area contributed by atoms with Gasteiger partial charge in [-0.15, -0.1) is 0 Å². The molecular formula is C40H40N4O4. The Kier molecular flexibility index (Phi) is 10.7. The molecule has 0 spiro atoms. The summed E-state index contributed by atoms with van der Waals surface area (Å²) < 4.78 is 11.6. The van der Waals surface area contributed by atoms with E-state index in [-0.39, 0.29) is 23.4 Å². The van der Waals surface area contributed by atoms with Gasteiger partial charge in [0.25, 0.3) is 0 Å². The van der Waals surface area contributed by atoms with Crippen LogP contribution in [0, 0.1) is 0 Å². The zero-order valence-electron chi connectivity index (χ0n) is 28.1. The first-order chi connectivity index (χ1) is 23.1. The van der Waals surface area contributed by atoms with Crippen molar-refractivity contribution in [3.63, 3.8) is 0 Å². The predicted octanol–water partition coefficient (Wildman–Crippen LogP) is 8.92. The van der Waals surface area contributed by atoms with Crippen molar-refractivity contribution in [2.24, 2.45) is 9.98 Å². The van der Waals surface area contributed by atoms with Crippen molar-refractivity contribution in [3.05, 3.63) is 143 Å². The monoisotopic (exact) mass is 640 g/mol. The van der Waals surface area contributed by atoms with Crippen LogP contribution >= 0.6 is 0 Å². The van der Waals surface area contributed by atoms with Crippen LogP contribution in [0.3, 0.4) is 0 Å². The molecule has 8 nitrogen and oxygen atoms in total. The smallest absolute Gasteiger partial charge is 0.342 e. The summed E-state index contributed by atoms with van der Waals surface area (Å²) in [6.07, 6.45) is -0.724. The van der Waals surface area contributed by atoms with E-state index in [1.807, 2.05) is 151 Å². The summed E-state index contributed by atoms with van der Waals surface area (Å²) >= 11 is 0. The number of carbonyl (C=O) groups is 2. The van der Waals surface area contributed by atoms with Gasteiger partial charge >= 0.3 is 11.9 Å². The van der Waals surface area contributed by atoms with Crippen LogP contribution in [0.15, 0.2) is 142 Å². The number of benzene rings is 4. The van der Waals surface area contributed by atoms with Crippen LogP contribution in [-0.4, -0.2) is 35.6 Å². The maximum Gasteiger partial charge on any atom is 0.342 e. The van der Waals surface area contributed by atoms with E-state index in [0.717, 1.165) is 0 Å². The Hall–Kier alpha value is -5.76. The molecule has 1 aliphatic rings. The number of esters is 2. The number of nitrogens with one attached hydrogen (secondary N) is 2. The van der Waals surface area contributed by atoms with E-state index in [1.54, 1.807) is 0 Å². The molecule has 0 saturated heterocycles. The highest BCUT2D eigenvalue weighted by atomic mass is 16.5. The van der Waals surface area contributed by atoms with Crippen molar-refractivity contribution in [1.29, 1.82) is 0 Å². The molecule has 4 aromatic carbocycles. The fourth-order valence-electron chi connectivity index (χ4n) is 5.25. The number of ether oxygens (including phenoxy) is 2. The number of aliphatic imine (C=N–C) groups is 2. The predicted molar refractivity (Wildman–Crippen MR) is 193 cm³/mol. The standard InChI is InChI=1S/C40H40N4O4/c1-25(2)47-39(45)35-27(5)41-31-21-13-14-22-32(31)42-28(6)36(40(46)48-26(3)4)38(30-19-11-8-12-20-30)44-34-24-16-15-23-33(34)43-37(35)29-17-9-7-10-18-29/h7-26,41-42H,1-6H3. The van der Waals surface area contributed by atoms with Gasteiger partial charge in [0.1, 0.15) is 11.1 Å². The fourth-order valence-corrected chi connectivity index (χ4v) is 5.25. The minimum absolute atomic E-state index is 0.275. The molecule has 0 unspecified atom stereocenters. The van der Waals surface area contributed by atoms with Crippen LogP contribution < -0.4 is 10.6 Å². The molecule has 2 N–H and O–H groups in total. The molecule has 0 bridgehead atoms. The van der Waals surface area contributed by atoms with Crippen molar-refractivity contribution in [2.75, 3.05) is 10.6 Å². The zero-order valence-corrected chi connectivity index (χ0v) is 28.1. The summed E-state index contributed by atoms with van der Waals surface area (Å²) in [6.45, 7) is 10.9. The van der Waals surface area contributed by atoms with Crippen molar-refractivity contribution in [3.8, 4) is 0 Å². The Labute approximate surface area is 281 Å². The minimum Gasteiger partial charge on any atom is -0.459 e. The van der Waals surface area contributed by atoms with Crippen LogP contribution in [0.4, 0.5) is 22.7 Å². The summed E-state index contributed by atoms with van der Waals surface area (Å²) in [6, 6.07) is 34.0. The maximum absolute atomic E-state index is 14.0. The van der Waals surface area contributed by atoms with E-state index >= 15 is 0 Å². The molecule has 0 aromatic heterocycles. The molecule has 0 aliphatic carbocycles. The molecule has 48 heavy (non-hydrogen) atoms. The number of para-hydroxylation sites is 4. The number of rotatable bonds is 6.